The maximum absolute atomic E-state index is 2.44. The molecule has 5 rings (SSSR count). The lowest BCUT2D eigenvalue weighted by Gasteiger charge is -2.33. The van der Waals surface area contributed by atoms with Crippen LogP contribution in [-0.2, 0) is 10.8 Å². The van der Waals surface area contributed by atoms with Crippen LogP contribution in [0.4, 0.5) is 34.1 Å². The van der Waals surface area contributed by atoms with E-state index < -0.39 is 0 Å². The third-order valence-electron chi connectivity index (χ3n) is 9.64. The van der Waals surface area contributed by atoms with E-state index in [2.05, 4.69) is 197 Å². The molecular weight excluding hydrogens is 581 g/mol. The molecule has 5 aromatic carbocycles. The molecule has 48 heavy (non-hydrogen) atoms. The number of rotatable bonds is 7. The van der Waals surface area contributed by atoms with E-state index in [4.69, 9.17) is 0 Å². The van der Waals surface area contributed by atoms with Crippen molar-refractivity contribution in [3.63, 3.8) is 0 Å². The average Bonchev–Trinajstić information content (AvgIpc) is 3.00. The second-order valence-corrected chi connectivity index (χ2v) is 16.2. The van der Waals surface area contributed by atoms with Gasteiger partial charge in [0, 0.05) is 22.7 Å². The van der Waals surface area contributed by atoms with E-state index in [9.17, 15) is 0 Å². The molecule has 0 bridgehead atoms. The Balaban J connectivity index is 1.68. The fourth-order valence-electron chi connectivity index (χ4n) is 6.75. The van der Waals surface area contributed by atoms with Crippen molar-refractivity contribution < 1.29 is 0 Å². The number of benzene rings is 5. The molecule has 250 valence electrons. The molecule has 0 N–H and O–H groups in total. The zero-order chi connectivity index (χ0) is 35.1. The zero-order valence-corrected chi connectivity index (χ0v) is 31.7. The highest BCUT2D eigenvalue weighted by atomic mass is 15.2. The number of nitrogens with zero attached hydrogens (tertiary/aromatic N) is 2. The summed E-state index contributed by atoms with van der Waals surface area (Å²) < 4.78 is 0. The summed E-state index contributed by atoms with van der Waals surface area (Å²) in [7, 11) is 0. The summed E-state index contributed by atoms with van der Waals surface area (Å²) in [5.74, 6) is 0.485. The smallest absolute Gasteiger partial charge is 0.0520 e. The summed E-state index contributed by atoms with van der Waals surface area (Å²) in [4.78, 5) is 4.87. The summed E-state index contributed by atoms with van der Waals surface area (Å²) in [6, 6.07) is 36.7. The topological polar surface area (TPSA) is 6.48 Å². The van der Waals surface area contributed by atoms with Crippen LogP contribution >= 0.6 is 0 Å². The molecule has 0 saturated heterocycles. The van der Waals surface area contributed by atoms with Crippen molar-refractivity contribution in [2.45, 2.75) is 107 Å². The summed E-state index contributed by atoms with van der Waals surface area (Å²) in [6.07, 6.45) is 0. The van der Waals surface area contributed by atoms with Gasteiger partial charge in [-0.25, -0.2) is 0 Å². The highest BCUT2D eigenvalue weighted by Gasteiger charge is 2.24. The molecule has 0 aliphatic heterocycles. The van der Waals surface area contributed by atoms with Crippen LogP contribution < -0.4 is 9.80 Å². The normalized spacial score (nSPS) is 12.0. The molecule has 0 atom stereocenters. The standard InChI is InChI=1S/C46H56N2/c1-30(2)36-16-20-40(21-17-36)48(44-34(6)28-38(29-35(44)7)46(11,12)13)42-24-22-41(23-25-42)47(39-18-14-31(3)15-19-39)43-32(4)26-37(27-33(43)5)45(8,9)10/h14-30H,1-13H3. The Morgan fingerprint density at radius 3 is 0.958 bits per heavy atom. The van der Waals surface area contributed by atoms with Gasteiger partial charge in [0.1, 0.15) is 0 Å². The van der Waals surface area contributed by atoms with E-state index in [1.807, 2.05) is 0 Å². The fourth-order valence-corrected chi connectivity index (χ4v) is 6.75. The minimum absolute atomic E-state index is 0.0836. The summed E-state index contributed by atoms with van der Waals surface area (Å²) >= 11 is 0. The van der Waals surface area contributed by atoms with Gasteiger partial charge in [0.2, 0.25) is 0 Å². The molecule has 5 aromatic rings. The Bertz CT molecular complexity index is 1830. The van der Waals surface area contributed by atoms with Gasteiger partial charge in [0.25, 0.3) is 0 Å². The predicted molar refractivity (Wildman–Crippen MR) is 211 cm³/mol. The molecule has 0 fully saturated rings. The molecule has 0 radical (unpaired) electrons. The van der Waals surface area contributed by atoms with Gasteiger partial charge in [-0.3, -0.25) is 0 Å². The first-order chi connectivity index (χ1) is 22.5. The number of hydrogen-bond acceptors (Lipinski definition) is 2. The van der Waals surface area contributed by atoms with Gasteiger partial charge in [-0.2, -0.15) is 0 Å². The molecule has 0 saturated carbocycles. The first-order valence-electron chi connectivity index (χ1n) is 17.6. The number of aryl methyl sites for hydroxylation is 5. The van der Waals surface area contributed by atoms with Crippen LogP contribution in [0.2, 0.25) is 0 Å². The van der Waals surface area contributed by atoms with Gasteiger partial charge in [0.05, 0.1) is 11.4 Å². The summed E-state index contributed by atoms with van der Waals surface area (Å²) in [5, 5.41) is 0. The second kappa shape index (κ2) is 13.3. The largest absolute Gasteiger partial charge is 0.310 e. The summed E-state index contributed by atoms with van der Waals surface area (Å²) in [6.45, 7) is 29.4. The zero-order valence-electron chi connectivity index (χ0n) is 31.7. The van der Waals surface area contributed by atoms with Crippen LogP contribution in [0.5, 0.6) is 0 Å². The molecule has 2 heteroatoms. The lowest BCUT2D eigenvalue weighted by atomic mass is 9.84. The van der Waals surface area contributed by atoms with Gasteiger partial charge >= 0.3 is 0 Å². The minimum atomic E-state index is 0.0836. The molecule has 0 spiro atoms. The molecule has 0 aliphatic rings. The lowest BCUT2D eigenvalue weighted by Crippen LogP contribution is -2.17. The number of hydrogen-bond donors (Lipinski definition) is 0. The van der Waals surface area contributed by atoms with Crippen molar-refractivity contribution in [1.82, 2.24) is 0 Å². The van der Waals surface area contributed by atoms with Crippen LogP contribution in [-0.4, -0.2) is 0 Å². The third-order valence-corrected chi connectivity index (χ3v) is 9.64. The van der Waals surface area contributed by atoms with Crippen molar-refractivity contribution in [1.29, 1.82) is 0 Å². The fraction of sp³-hybridized carbons (Fsp3) is 0.348. The van der Waals surface area contributed by atoms with Gasteiger partial charge in [0.15, 0.2) is 0 Å². The Labute approximate surface area is 291 Å². The van der Waals surface area contributed by atoms with Crippen LogP contribution in [0.3, 0.4) is 0 Å². The van der Waals surface area contributed by atoms with Crippen LogP contribution in [0.15, 0.2) is 97.1 Å². The van der Waals surface area contributed by atoms with Crippen molar-refractivity contribution in [2.24, 2.45) is 0 Å². The van der Waals surface area contributed by atoms with E-state index in [0.29, 0.717) is 5.92 Å². The van der Waals surface area contributed by atoms with E-state index in [-0.39, 0.29) is 10.8 Å². The second-order valence-electron chi connectivity index (χ2n) is 16.2. The maximum Gasteiger partial charge on any atom is 0.0520 e. The Hall–Kier alpha value is -4.30. The summed E-state index contributed by atoms with van der Waals surface area (Å²) in [5.41, 5.74) is 17.7. The van der Waals surface area contributed by atoms with Gasteiger partial charge in [-0.05, 0) is 139 Å². The lowest BCUT2D eigenvalue weighted by molar-refractivity contribution is 0.589. The van der Waals surface area contributed by atoms with Crippen molar-refractivity contribution >= 4 is 34.1 Å². The molecule has 0 amide bonds. The van der Waals surface area contributed by atoms with Crippen LogP contribution in [0.1, 0.15) is 106 Å². The Kier molecular flexibility index (Phi) is 9.71. The molecule has 0 heterocycles. The van der Waals surface area contributed by atoms with E-state index in [1.54, 1.807) is 0 Å². The van der Waals surface area contributed by atoms with E-state index >= 15 is 0 Å². The maximum atomic E-state index is 2.44. The van der Waals surface area contributed by atoms with Gasteiger partial charge < -0.3 is 9.80 Å². The van der Waals surface area contributed by atoms with Crippen molar-refractivity contribution in [3.05, 3.63) is 142 Å². The first kappa shape index (κ1) is 35.0. The average molecular weight is 637 g/mol. The Morgan fingerprint density at radius 2 is 0.688 bits per heavy atom. The molecule has 0 aliphatic carbocycles. The van der Waals surface area contributed by atoms with E-state index in [1.165, 1.54) is 61.6 Å². The van der Waals surface area contributed by atoms with Gasteiger partial charge in [-0.15, -0.1) is 0 Å². The van der Waals surface area contributed by atoms with Crippen LogP contribution in [0, 0.1) is 34.6 Å². The highest BCUT2D eigenvalue weighted by molar-refractivity contribution is 5.85. The molecule has 2 nitrogen and oxygen atoms in total. The predicted octanol–water partition coefficient (Wildman–Crippen LogP) is 13.9. The van der Waals surface area contributed by atoms with Crippen molar-refractivity contribution in [3.8, 4) is 0 Å². The quantitative estimate of drug-likeness (QED) is 0.175. The SMILES string of the molecule is Cc1ccc(N(c2ccc(N(c3ccc(C(C)C)cc3)c3c(C)cc(C(C)(C)C)cc3C)cc2)c2c(C)cc(C(C)(C)C)cc2C)cc1. The highest BCUT2D eigenvalue weighted by Crippen LogP contribution is 2.44. The monoisotopic (exact) mass is 636 g/mol. The minimum Gasteiger partial charge on any atom is -0.310 e. The third kappa shape index (κ3) is 7.24. The van der Waals surface area contributed by atoms with E-state index in [0.717, 1.165) is 17.1 Å². The van der Waals surface area contributed by atoms with Crippen LogP contribution in [0.25, 0.3) is 0 Å². The Morgan fingerprint density at radius 1 is 0.417 bits per heavy atom. The molecule has 0 aromatic heterocycles. The van der Waals surface area contributed by atoms with Gasteiger partial charge in [-0.1, -0.05) is 109 Å². The molecule has 0 unspecified atom stereocenters. The number of anilines is 6. The molecular formula is C46H56N2. The first-order valence-corrected chi connectivity index (χ1v) is 17.6. The van der Waals surface area contributed by atoms with Crippen molar-refractivity contribution in [2.75, 3.05) is 9.80 Å².